The van der Waals surface area contributed by atoms with Crippen molar-refractivity contribution in [3.05, 3.63) is 29.4 Å². The lowest BCUT2D eigenvalue weighted by atomic mass is 9.73. The largest absolute Gasteiger partial charge is 0.397 e. The Balaban J connectivity index is 1.27. The van der Waals surface area contributed by atoms with Gasteiger partial charge in [0, 0.05) is 36.6 Å². The van der Waals surface area contributed by atoms with Gasteiger partial charge in [-0.15, -0.1) is 0 Å². The van der Waals surface area contributed by atoms with E-state index in [0.717, 1.165) is 56.1 Å². The maximum atomic E-state index is 6.68. The highest BCUT2D eigenvalue weighted by atomic mass is 35.5. The fourth-order valence-electron chi connectivity index (χ4n) is 5.32. The number of nitrogens with zero attached hydrogens (tertiary/aromatic N) is 3. The maximum absolute atomic E-state index is 6.68. The van der Waals surface area contributed by atoms with E-state index in [1.54, 1.807) is 12.3 Å². The number of ether oxygens (including phenoxy) is 1. The molecule has 0 bridgehead atoms. The zero-order valence-corrected chi connectivity index (χ0v) is 18.3. The van der Waals surface area contributed by atoms with E-state index in [2.05, 4.69) is 14.9 Å². The van der Waals surface area contributed by atoms with Gasteiger partial charge in [-0.1, -0.05) is 29.4 Å². The second-order valence-corrected chi connectivity index (χ2v) is 10.0. The van der Waals surface area contributed by atoms with Gasteiger partial charge >= 0.3 is 0 Å². The second kappa shape index (κ2) is 7.75. The molecule has 9 heteroatoms. The van der Waals surface area contributed by atoms with E-state index in [1.807, 2.05) is 12.1 Å². The van der Waals surface area contributed by atoms with Gasteiger partial charge in [0.1, 0.15) is 10.8 Å². The van der Waals surface area contributed by atoms with Gasteiger partial charge in [-0.25, -0.2) is 9.97 Å². The predicted octanol–water partition coefficient (Wildman–Crippen LogP) is 3.17. The lowest BCUT2D eigenvalue weighted by molar-refractivity contribution is 0.0803. The van der Waals surface area contributed by atoms with Crippen LogP contribution in [0.25, 0.3) is 0 Å². The van der Waals surface area contributed by atoms with Gasteiger partial charge in [0.15, 0.2) is 5.82 Å². The minimum absolute atomic E-state index is 0.199. The van der Waals surface area contributed by atoms with Crippen molar-refractivity contribution >= 4 is 40.7 Å². The van der Waals surface area contributed by atoms with Crippen molar-refractivity contribution in [2.24, 2.45) is 17.1 Å². The fourth-order valence-corrected chi connectivity index (χ4v) is 6.38. The molecular weight excluding hydrogens is 420 g/mol. The number of halogens is 1. The normalized spacial score (nSPS) is 27.5. The molecule has 1 aromatic heterocycles. The minimum Gasteiger partial charge on any atom is -0.397 e. The molecule has 2 aromatic rings. The third-order valence-electron chi connectivity index (χ3n) is 7.07. The zero-order valence-electron chi connectivity index (χ0n) is 16.8. The predicted molar refractivity (Wildman–Crippen MR) is 121 cm³/mol. The van der Waals surface area contributed by atoms with Crippen molar-refractivity contribution in [1.82, 2.24) is 9.97 Å². The Kier molecular flexibility index (Phi) is 5.21. The molecule has 6 N–H and O–H groups in total. The van der Waals surface area contributed by atoms with Crippen LogP contribution >= 0.6 is 23.4 Å². The molecule has 3 atom stereocenters. The number of fused-ring (bicyclic) bond motifs is 1. The van der Waals surface area contributed by atoms with Gasteiger partial charge in [0.25, 0.3) is 0 Å². The van der Waals surface area contributed by atoms with Gasteiger partial charge in [0.05, 0.1) is 23.0 Å². The van der Waals surface area contributed by atoms with Crippen LogP contribution in [0.15, 0.2) is 34.3 Å². The number of nitrogens with two attached hydrogens (primary N) is 3. The summed E-state index contributed by atoms with van der Waals surface area (Å²) in [6.07, 6.45) is 6.47. The molecule has 3 aliphatic rings. The summed E-state index contributed by atoms with van der Waals surface area (Å²) in [5.41, 5.74) is 19.5. The van der Waals surface area contributed by atoms with Crippen molar-refractivity contribution in [1.29, 1.82) is 0 Å². The van der Waals surface area contributed by atoms with Gasteiger partial charge in [-0.3, -0.25) is 0 Å². The zero-order chi connectivity index (χ0) is 20.9. The molecule has 160 valence electrons. The highest BCUT2D eigenvalue weighted by molar-refractivity contribution is 7.99. The Bertz CT molecular complexity index is 951. The number of hydrogen-bond acceptors (Lipinski definition) is 8. The fraction of sp³-hybridized carbons (Fsp3) is 0.524. The molecule has 1 aromatic carbocycles. The molecule has 5 rings (SSSR count). The summed E-state index contributed by atoms with van der Waals surface area (Å²) in [6, 6.07) is 5.76. The first-order chi connectivity index (χ1) is 14.5. The van der Waals surface area contributed by atoms with Crippen molar-refractivity contribution in [2.45, 2.75) is 47.8 Å². The third kappa shape index (κ3) is 3.39. The van der Waals surface area contributed by atoms with Crippen LogP contribution in [-0.4, -0.2) is 41.8 Å². The molecule has 1 aliphatic carbocycles. The van der Waals surface area contributed by atoms with E-state index in [0.29, 0.717) is 33.6 Å². The van der Waals surface area contributed by atoms with E-state index in [4.69, 9.17) is 33.5 Å². The molecule has 30 heavy (non-hydrogen) atoms. The number of nitrogen functional groups attached to an aromatic ring is 2. The van der Waals surface area contributed by atoms with Crippen molar-refractivity contribution in [3.63, 3.8) is 0 Å². The van der Waals surface area contributed by atoms with E-state index < -0.39 is 0 Å². The van der Waals surface area contributed by atoms with Crippen LogP contribution in [0.2, 0.25) is 5.02 Å². The highest BCUT2D eigenvalue weighted by Gasteiger charge is 2.54. The summed E-state index contributed by atoms with van der Waals surface area (Å²) in [5, 5.41) is 1.14. The average Bonchev–Trinajstić information content (AvgIpc) is 3.29. The van der Waals surface area contributed by atoms with Gasteiger partial charge in [-0.2, -0.15) is 0 Å². The molecule has 3 unspecified atom stereocenters. The minimum atomic E-state index is 0.199. The molecule has 0 amide bonds. The summed E-state index contributed by atoms with van der Waals surface area (Å²) in [6.45, 7) is 2.69. The average molecular weight is 447 g/mol. The summed E-state index contributed by atoms with van der Waals surface area (Å²) in [4.78, 5) is 12.3. The van der Waals surface area contributed by atoms with E-state index >= 15 is 0 Å². The summed E-state index contributed by atoms with van der Waals surface area (Å²) < 4.78 is 5.93. The Morgan fingerprint density at radius 3 is 2.77 bits per heavy atom. The summed E-state index contributed by atoms with van der Waals surface area (Å²) in [5.74, 6) is 1.74. The SMILES string of the molecule is Nc1cccc(Sc2ncc(N3CCC4(CC3)CC3OCCC3C4N)nc2N)c1Cl. The molecule has 1 spiro atoms. The van der Waals surface area contributed by atoms with Crippen molar-refractivity contribution in [2.75, 3.05) is 36.1 Å². The topological polar surface area (TPSA) is 116 Å². The lowest BCUT2D eigenvalue weighted by Gasteiger charge is -2.43. The molecule has 0 radical (unpaired) electrons. The molecule has 3 heterocycles. The number of rotatable bonds is 3. The Morgan fingerprint density at radius 2 is 2.03 bits per heavy atom. The Labute approximate surface area is 185 Å². The number of hydrogen-bond donors (Lipinski definition) is 3. The number of anilines is 3. The molecular formula is C21H27ClN6OS. The molecule has 3 fully saturated rings. The van der Waals surface area contributed by atoms with Crippen LogP contribution in [0.1, 0.15) is 25.7 Å². The van der Waals surface area contributed by atoms with Crippen LogP contribution < -0.4 is 22.1 Å². The Morgan fingerprint density at radius 1 is 1.23 bits per heavy atom. The van der Waals surface area contributed by atoms with Gasteiger partial charge in [-0.05, 0) is 43.2 Å². The Hall–Kier alpha value is -1.74. The molecule has 2 aliphatic heterocycles. The molecule has 1 saturated carbocycles. The van der Waals surface area contributed by atoms with E-state index in [-0.39, 0.29) is 11.5 Å². The smallest absolute Gasteiger partial charge is 0.158 e. The van der Waals surface area contributed by atoms with Crippen molar-refractivity contribution in [3.8, 4) is 0 Å². The standard InChI is InChI=1S/C21H27ClN6OS/c22-17-13(23)2-1-3-15(17)30-20-19(25)27-16(11-26-20)28-7-5-21(6-8-28)10-14-12(18(21)24)4-9-29-14/h1-3,11-12,14,18H,4-10,23-24H2,(H2,25,27). The summed E-state index contributed by atoms with van der Waals surface area (Å²) >= 11 is 7.67. The van der Waals surface area contributed by atoms with Gasteiger partial charge < -0.3 is 26.8 Å². The number of benzene rings is 1. The number of aromatic nitrogens is 2. The first kappa shape index (κ1) is 20.2. The van der Waals surface area contributed by atoms with E-state index in [9.17, 15) is 0 Å². The first-order valence-electron chi connectivity index (χ1n) is 10.4. The van der Waals surface area contributed by atoms with Crippen LogP contribution in [0.4, 0.5) is 17.3 Å². The first-order valence-corrected chi connectivity index (χ1v) is 11.6. The van der Waals surface area contributed by atoms with Crippen LogP contribution in [0.3, 0.4) is 0 Å². The molecule has 7 nitrogen and oxygen atoms in total. The summed E-state index contributed by atoms with van der Waals surface area (Å²) in [7, 11) is 0. The van der Waals surface area contributed by atoms with Crippen molar-refractivity contribution < 1.29 is 4.74 Å². The van der Waals surface area contributed by atoms with Gasteiger partial charge in [0.2, 0.25) is 0 Å². The quantitative estimate of drug-likeness (QED) is 0.615. The van der Waals surface area contributed by atoms with Crippen LogP contribution in [0.5, 0.6) is 0 Å². The highest BCUT2D eigenvalue weighted by Crippen LogP contribution is 2.52. The lowest BCUT2D eigenvalue weighted by Crippen LogP contribution is -2.49. The third-order valence-corrected chi connectivity index (χ3v) is 8.67. The maximum Gasteiger partial charge on any atom is 0.158 e. The second-order valence-electron chi connectivity index (χ2n) is 8.62. The monoisotopic (exact) mass is 446 g/mol. The van der Waals surface area contributed by atoms with E-state index in [1.165, 1.54) is 11.8 Å². The van der Waals surface area contributed by atoms with Crippen LogP contribution in [-0.2, 0) is 4.74 Å². The number of piperidine rings is 1. The molecule has 2 saturated heterocycles. The van der Waals surface area contributed by atoms with Crippen LogP contribution in [0, 0.1) is 11.3 Å².